The van der Waals surface area contributed by atoms with Crippen molar-refractivity contribution in [2.75, 3.05) is 13.7 Å². The number of fused-ring (bicyclic) bond motifs is 1. The summed E-state index contributed by atoms with van der Waals surface area (Å²) in [4.78, 5) is 0. The summed E-state index contributed by atoms with van der Waals surface area (Å²) in [6, 6.07) is 0. The Balaban J connectivity index is 2.44. The number of hydrogen-bond donors (Lipinski definition) is 0. The molecule has 0 fully saturated rings. The number of ether oxygens (including phenoxy) is 3. The van der Waals surface area contributed by atoms with Crippen LogP contribution in [0.15, 0.2) is 0 Å². The van der Waals surface area contributed by atoms with E-state index in [1.165, 1.54) is 28.7 Å². The van der Waals surface area contributed by atoms with E-state index in [1.54, 1.807) is 7.11 Å². The first-order chi connectivity index (χ1) is 10.5. The highest BCUT2D eigenvalue weighted by Crippen LogP contribution is 2.42. The number of rotatable bonds is 6. The predicted molar refractivity (Wildman–Crippen MR) is 90.0 cm³/mol. The molecule has 1 aliphatic heterocycles. The fourth-order valence-electron chi connectivity index (χ4n) is 3.22. The third-order valence-corrected chi connectivity index (χ3v) is 4.56. The van der Waals surface area contributed by atoms with Gasteiger partial charge in [0.2, 0.25) is 0 Å². The summed E-state index contributed by atoms with van der Waals surface area (Å²) in [7, 11) is 1.78. The maximum Gasteiger partial charge on any atom is 0.200 e. The molecule has 0 aliphatic carbocycles. The lowest BCUT2D eigenvalue weighted by atomic mass is 9.88. The first-order valence-corrected chi connectivity index (χ1v) is 8.46. The zero-order valence-corrected chi connectivity index (χ0v) is 14.9. The maximum absolute atomic E-state index is 6.15. The highest BCUT2D eigenvalue weighted by molar-refractivity contribution is 5.59. The molecule has 1 heterocycles. The Kier molecular flexibility index (Phi) is 5.74. The molecule has 0 bridgehead atoms. The summed E-state index contributed by atoms with van der Waals surface area (Å²) in [5.41, 5.74) is 5.04. The Bertz CT molecular complexity index is 520. The molecule has 1 aromatic carbocycles. The quantitative estimate of drug-likeness (QED) is 0.769. The Morgan fingerprint density at radius 2 is 1.95 bits per heavy atom. The first kappa shape index (κ1) is 17.1. The minimum absolute atomic E-state index is 0.109. The van der Waals surface area contributed by atoms with Crippen LogP contribution in [0.1, 0.15) is 55.9 Å². The molecule has 3 nitrogen and oxygen atoms in total. The third kappa shape index (κ3) is 3.40. The van der Waals surface area contributed by atoms with Crippen molar-refractivity contribution in [2.45, 2.75) is 66.6 Å². The van der Waals surface area contributed by atoms with Gasteiger partial charge in [0, 0.05) is 24.2 Å². The van der Waals surface area contributed by atoms with Gasteiger partial charge in [0.15, 0.2) is 6.29 Å². The third-order valence-electron chi connectivity index (χ3n) is 4.56. The zero-order valence-electron chi connectivity index (χ0n) is 14.9. The van der Waals surface area contributed by atoms with E-state index in [0.29, 0.717) is 12.5 Å². The average Bonchev–Trinajstić information content (AvgIpc) is 2.49. The van der Waals surface area contributed by atoms with Crippen LogP contribution >= 0.6 is 0 Å². The van der Waals surface area contributed by atoms with Crippen LogP contribution in [-0.2, 0) is 17.6 Å². The van der Waals surface area contributed by atoms with Crippen molar-refractivity contribution in [1.82, 2.24) is 0 Å². The molecule has 1 aliphatic rings. The van der Waals surface area contributed by atoms with Crippen LogP contribution in [0.3, 0.4) is 0 Å². The molecule has 1 aromatic rings. The standard InChI is InChI=1S/C19H30O3/c1-7-21-17-11-10-16-15(9-8-12(2)3)18(20-6)13(4)14(5)19(16)22-17/h12,17H,7-11H2,1-6H3. The van der Waals surface area contributed by atoms with Gasteiger partial charge in [-0.2, -0.15) is 0 Å². The van der Waals surface area contributed by atoms with Gasteiger partial charge in [-0.25, -0.2) is 0 Å². The molecule has 0 aromatic heterocycles. The van der Waals surface area contributed by atoms with E-state index in [9.17, 15) is 0 Å². The maximum atomic E-state index is 6.15. The Labute approximate surface area is 135 Å². The summed E-state index contributed by atoms with van der Waals surface area (Å²) in [6.07, 6.45) is 4.03. The van der Waals surface area contributed by atoms with Crippen molar-refractivity contribution >= 4 is 0 Å². The molecule has 0 saturated carbocycles. The van der Waals surface area contributed by atoms with Gasteiger partial charge in [-0.15, -0.1) is 0 Å². The second-order valence-electron chi connectivity index (χ2n) is 6.54. The van der Waals surface area contributed by atoms with Crippen LogP contribution in [0, 0.1) is 19.8 Å². The SMILES string of the molecule is CCOC1CCc2c(CCC(C)C)c(OC)c(C)c(C)c2O1. The van der Waals surface area contributed by atoms with Crippen LogP contribution in [0.4, 0.5) is 0 Å². The van der Waals surface area contributed by atoms with E-state index < -0.39 is 0 Å². The van der Waals surface area contributed by atoms with Gasteiger partial charge >= 0.3 is 0 Å². The molecule has 0 saturated heterocycles. The Morgan fingerprint density at radius 1 is 1.23 bits per heavy atom. The van der Waals surface area contributed by atoms with Crippen LogP contribution < -0.4 is 9.47 Å². The number of benzene rings is 1. The van der Waals surface area contributed by atoms with Crippen molar-refractivity contribution in [3.05, 3.63) is 22.3 Å². The van der Waals surface area contributed by atoms with Gasteiger partial charge < -0.3 is 14.2 Å². The van der Waals surface area contributed by atoms with Crippen molar-refractivity contribution < 1.29 is 14.2 Å². The molecule has 1 unspecified atom stereocenters. The molecular weight excluding hydrogens is 276 g/mol. The fraction of sp³-hybridized carbons (Fsp3) is 0.684. The summed E-state index contributed by atoms with van der Waals surface area (Å²) < 4.78 is 17.6. The highest BCUT2D eigenvalue weighted by atomic mass is 16.7. The molecule has 0 radical (unpaired) electrons. The molecule has 0 amide bonds. The monoisotopic (exact) mass is 306 g/mol. The largest absolute Gasteiger partial charge is 0.496 e. The van der Waals surface area contributed by atoms with Gasteiger partial charge in [0.05, 0.1) is 7.11 Å². The summed E-state index contributed by atoms with van der Waals surface area (Å²) in [5, 5.41) is 0. The van der Waals surface area contributed by atoms with Crippen LogP contribution in [0.2, 0.25) is 0 Å². The topological polar surface area (TPSA) is 27.7 Å². The second kappa shape index (κ2) is 7.36. The summed E-state index contributed by atoms with van der Waals surface area (Å²) >= 11 is 0. The highest BCUT2D eigenvalue weighted by Gasteiger charge is 2.28. The van der Waals surface area contributed by atoms with Gasteiger partial charge in [0.1, 0.15) is 11.5 Å². The van der Waals surface area contributed by atoms with E-state index in [-0.39, 0.29) is 6.29 Å². The molecule has 2 rings (SSSR count). The molecular formula is C19H30O3. The molecule has 1 atom stereocenters. The first-order valence-electron chi connectivity index (χ1n) is 8.46. The van der Waals surface area contributed by atoms with Crippen LogP contribution in [0.5, 0.6) is 11.5 Å². The number of methoxy groups -OCH3 is 1. The van der Waals surface area contributed by atoms with E-state index in [1.807, 2.05) is 6.92 Å². The average molecular weight is 306 g/mol. The lowest BCUT2D eigenvalue weighted by molar-refractivity contribution is -0.0866. The van der Waals surface area contributed by atoms with Gasteiger partial charge in [0.25, 0.3) is 0 Å². The molecule has 0 spiro atoms. The minimum Gasteiger partial charge on any atom is -0.496 e. The van der Waals surface area contributed by atoms with E-state index >= 15 is 0 Å². The Morgan fingerprint density at radius 3 is 2.55 bits per heavy atom. The van der Waals surface area contributed by atoms with Gasteiger partial charge in [-0.05, 0) is 57.1 Å². The smallest absolute Gasteiger partial charge is 0.200 e. The molecule has 3 heteroatoms. The molecule has 22 heavy (non-hydrogen) atoms. The van der Waals surface area contributed by atoms with Crippen molar-refractivity contribution in [2.24, 2.45) is 5.92 Å². The van der Waals surface area contributed by atoms with Crippen molar-refractivity contribution in [3.8, 4) is 11.5 Å². The normalized spacial score (nSPS) is 17.3. The number of hydrogen-bond acceptors (Lipinski definition) is 3. The van der Waals surface area contributed by atoms with E-state index in [4.69, 9.17) is 14.2 Å². The zero-order chi connectivity index (χ0) is 16.3. The fourth-order valence-corrected chi connectivity index (χ4v) is 3.22. The van der Waals surface area contributed by atoms with Gasteiger partial charge in [-0.1, -0.05) is 13.8 Å². The lowest BCUT2D eigenvalue weighted by Crippen LogP contribution is -2.27. The summed E-state index contributed by atoms with van der Waals surface area (Å²) in [5.74, 6) is 2.76. The van der Waals surface area contributed by atoms with Crippen molar-refractivity contribution in [3.63, 3.8) is 0 Å². The van der Waals surface area contributed by atoms with E-state index in [2.05, 4.69) is 27.7 Å². The van der Waals surface area contributed by atoms with Crippen LogP contribution in [0.25, 0.3) is 0 Å². The lowest BCUT2D eigenvalue weighted by Gasteiger charge is -2.31. The van der Waals surface area contributed by atoms with Crippen molar-refractivity contribution in [1.29, 1.82) is 0 Å². The second-order valence-corrected chi connectivity index (χ2v) is 6.54. The Hall–Kier alpha value is -1.22. The molecule has 124 valence electrons. The predicted octanol–water partition coefficient (Wildman–Crippen LogP) is 4.59. The van der Waals surface area contributed by atoms with Gasteiger partial charge in [-0.3, -0.25) is 0 Å². The van der Waals surface area contributed by atoms with E-state index in [0.717, 1.165) is 30.8 Å². The minimum atomic E-state index is -0.109. The molecule has 0 N–H and O–H groups in total. The summed E-state index contributed by atoms with van der Waals surface area (Å²) in [6.45, 7) is 11.5. The van der Waals surface area contributed by atoms with Crippen LogP contribution in [-0.4, -0.2) is 20.0 Å².